The lowest BCUT2D eigenvalue weighted by Crippen LogP contribution is -2.49. The normalized spacial score (nSPS) is 16.7. The van der Waals surface area contributed by atoms with Crippen molar-refractivity contribution in [3.05, 3.63) is 47.7 Å². The average Bonchev–Trinajstić information content (AvgIpc) is 2.99. The maximum Gasteiger partial charge on any atom is 0.257 e. The van der Waals surface area contributed by atoms with E-state index in [1.165, 1.54) is 5.56 Å². The predicted octanol–water partition coefficient (Wildman–Crippen LogP) is 2.27. The SMILES string of the molecule is CN(C)Cc1ccc(N2CCN(C(=O)c3cccc4c3OCCCO4)CC2)nc1. The molecule has 29 heavy (non-hydrogen) atoms. The van der Waals surface area contributed by atoms with Gasteiger partial charge in [0.1, 0.15) is 5.82 Å². The molecule has 0 unspecified atom stereocenters. The van der Waals surface area contributed by atoms with Gasteiger partial charge in [0.15, 0.2) is 11.5 Å². The van der Waals surface area contributed by atoms with Crippen molar-refractivity contribution >= 4 is 11.7 Å². The number of pyridine rings is 1. The quantitative estimate of drug-likeness (QED) is 0.790. The number of anilines is 1. The Balaban J connectivity index is 1.40. The van der Waals surface area contributed by atoms with Crippen molar-refractivity contribution in [1.29, 1.82) is 0 Å². The summed E-state index contributed by atoms with van der Waals surface area (Å²) in [7, 11) is 4.10. The Morgan fingerprint density at radius 3 is 2.59 bits per heavy atom. The minimum Gasteiger partial charge on any atom is -0.490 e. The number of amides is 1. The number of hydrogen-bond donors (Lipinski definition) is 0. The molecule has 1 amide bonds. The van der Waals surface area contributed by atoms with Gasteiger partial charge in [0.05, 0.1) is 18.8 Å². The van der Waals surface area contributed by atoms with Gasteiger partial charge in [0, 0.05) is 45.3 Å². The second-order valence-corrected chi connectivity index (χ2v) is 7.72. The molecule has 4 rings (SSSR count). The lowest BCUT2D eigenvalue weighted by molar-refractivity contribution is 0.0742. The molecule has 7 heteroatoms. The number of hydrogen-bond acceptors (Lipinski definition) is 6. The van der Waals surface area contributed by atoms with Gasteiger partial charge in [0.25, 0.3) is 5.91 Å². The van der Waals surface area contributed by atoms with Crippen molar-refractivity contribution in [1.82, 2.24) is 14.8 Å². The standard InChI is InChI=1S/C22H28N4O3/c1-24(2)16-17-7-8-20(23-15-17)25-9-11-26(12-10-25)22(27)18-5-3-6-19-21(18)29-14-4-13-28-19/h3,5-8,15H,4,9-14,16H2,1-2H3. The molecule has 0 radical (unpaired) electrons. The second-order valence-electron chi connectivity index (χ2n) is 7.72. The molecule has 1 aromatic carbocycles. The minimum absolute atomic E-state index is 0.00119. The van der Waals surface area contributed by atoms with Crippen molar-refractivity contribution in [2.45, 2.75) is 13.0 Å². The van der Waals surface area contributed by atoms with Crippen LogP contribution in [0.25, 0.3) is 0 Å². The fourth-order valence-electron chi connectivity index (χ4n) is 3.73. The van der Waals surface area contributed by atoms with Crippen LogP contribution in [0.5, 0.6) is 11.5 Å². The Morgan fingerprint density at radius 1 is 1.07 bits per heavy atom. The molecule has 7 nitrogen and oxygen atoms in total. The molecule has 1 fully saturated rings. The highest BCUT2D eigenvalue weighted by Gasteiger charge is 2.27. The molecule has 1 aromatic heterocycles. The van der Waals surface area contributed by atoms with Gasteiger partial charge in [-0.1, -0.05) is 12.1 Å². The number of benzene rings is 1. The molecule has 3 heterocycles. The van der Waals surface area contributed by atoms with Crippen molar-refractivity contribution in [2.75, 3.05) is 58.4 Å². The van der Waals surface area contributed by atoms with Crippen LogP contribution in [0.15, 0.2) is 36.5 Å². The van der Waals surface area contributed by atoms with Crippen molar-refractivity contribution in [3.8, 4) is 11.5 Å². The Hall–Kier alpha value is -2.80. The smallest absolute Gasteiger partial charge is 0.257 e. The summed E-state index contributed by atoms with van der Waals surface area (Å²) in [4.78, 5) is 24.0. The minimum atomic E-state index is 0.00119. The number of ether oxygens (including phenoxy) is 2. The summed E-state index contributed by atoms with van der Waals surface area (Å²) in [6, 6.07) is 9.74. The first-order valence-corrected chi connectivity index (χ1v) is 10.1. The van der Waals surface area contributed by atoms with Crippen molar-refractivity contribution < 1.29 is 14.3 Å². The molecule has 0 saturated carbocycles. The molecule has 0 spiro atoms. The van der Waals surface area contributed by atoms with Crippen LogP contribution >= 0.6 is 0 Å². The van der Waals surface area contributed by atoms with Gasteiger partial charge in [-0.25, -0.2) is 4.98 Å². The number of rotatable bonds is 4. The Bertz CT molecular complexity index is 846. The molecule has 2 aromatic rings. The van der Waals surface area contributed by atoms with Gasteiger partial charge in [-0.15, -0.1) is 0 Å². The summed E-state index contributed by atoms with van der Waals surface area (Å²) < 4.78 is 11.5. The number of carbonyl (C=O) groups is 1. The first kappa shape index (κ1) is 19.5. The van der Waals surface area contributed by atoms with Gasteiger partial charge in [-0.2, -0.15) is 0 Å². The molecule has 0 atom stereocenters. The molecule has 0 aliphatic carbocycles. The number of piperazine rings is 1. The topological polar surface area (TPSA) is 58.1 Å². The Kier molecular flexibility index (Phi) is 5.85. The lowest BCUT2D eigenvalue weighted by Gasteiger charge is -2.35. The Morgan fingerprint density at radius 2 is 1.86 bits per heavy atom. The van der Waals surface area contributed by atoms with Gasteiger partial charge < -0.3 is 24.2 Å². The fraction of sp³-hybridized carbons (Fsp3) is 0.455. The van der Waals surface area contributed by atoms with E-state index in [-0.39, 0.29) is 5.91 Å². The van der Waals surface area contributed by atoms with Gasteiger partial charge in [-0.05, 0) is 37.9 Å². The molecular weight excluding hydrogens is 368 g/mol. The van der Waals surface area contributed by atoms with Gasteiger partial charge in [0.2, 0.25) is 0 Å². The molecule has 2 aliphatic heterocycles. The third kappa shape index (κ3) is 4.45. The molecule has 154 valence electrons. The number of carbonyl (C=O) groups excluding carboxylic acids is 1. The van der Waals surface area contributed by atoms with Crippen LogP contribution in [0.2, 0.25) is 0 Å². The van der Waals surface area contributed by atoms with Crippen LogP contribution in [0.3, 0.4) is 0 Å². The highest BCUT2D eigenvalue weighted by atomic mass is 16.5. The van der Waals surface area contributed by atoms with Crippen LogP contribution in [-0.2, 0) is 6.54 Å². The molecule has 1 saturated heterocycles. The third-order valence-electron chi connectivity index (χ3n) is 5.20. The van der Waals surface area contributed by atoms with E-state index < -0.39 is 0 Å². The lowest BCUT2D eigenvalue weighted by atomic mass is 10.1. The number of fused-ring (bicyclic) bond motifs is 1. The first-order chi connectivity index (χ1) is 14.1. The van der Waals surface area contributed by atoms with E-state index in [9.17, 15) is 4.79 Å². The molecule has 0 bridgehead atoms. The molecule has 2 aliphatic rings. The van der Waals surface area contributed by atoms with Crippen molar-refractivity contribution in [3.63, 3.8) is 0 Å². The van der Waals surface area contributed by atoms with Crippen LogP contribution in [0, 0.1) is 0 Å². The third-order valence-corrected chi connectivity index (χ3v) is 5.20. The van der Waals surface area contributed by atoms with Crippen LogP contribution < -0.4 is 14.4 Å². The van der Waals surface area contributed by atoms with E-state index in [2.05, 4.69) is 26.9 Å². The fourth-order valence-corrected chi connectivity index (χ4v) is 3.73. The number of para-hydroxylation sites is 1. The molecular formula is C22H28N4O3. The van der Waals surface area contributed by atoms with E-state index in [4.69, 9.17) is 9.47 Å². The zero-order chi connectivity index (χ0) is 20.2. The highest BCUT2D eigenvalue weighted by molar-refractivity contribution is 5.98. The zero-order valence-electron chi connectivity index (χ0n) is 17.1. The van der Waals surface area contributed by atoms with E-state index in [0.29, 0.717) is 43.4 Å². The monoisotopic (exact) mass is 396 g/mol. The van der Waals surface area contributed by atoms with Crippen molar-refractivity contribution in [2.24, 2.45) is 0 Å². The van der Waals surface area contributed by atoms with Gasteiger partial charge >= 0.3 is 0 Å². The summed E-state index contributed by atoms with van der Waals surface area (Å²) in [5.41, 5.74) is 1.78. The van der Waals surface area contributed by atoms with Crippen LogP contribution in [0.1, 0.15) is 22.3 Å². The van der Waals surface area contributed by atoms with Crippen LogP contribution in [0.4, 0.5) is 5.82 Å². The largest absolute Gasteiger partial charge is 0.490 e. The van der Waals surface area contributed by atoms with E-state index >= 15 is 0 Å². The summed E-state index contributed by atoms with van der Waals surface area (Å²) in [6.07, 6.45) is 2.75. The van der Waals surface area contributed by atoms with E-state index in [1.54, 1.807) is 0 Å². The Labute approximate surface area is 171 Å². The zero-order valence-corrected chi connectivity index (χ0v) is 17.1. The second kappa shape index (κ2) is 8.69. The van der Waals surface area contributed by atoms with Crippen LogP contribution in [-0.4, -0.2) is 74.2 Å². The maximum absolute atomic E-state index is 13.1. The summed E-state index contributed by atoms with van der Waals surface area (Å²) in [5.74, 6) is 2.20. The maximum atomic E-state index is 13.1. The number of aromatic nitrogens is 1. The molecule has 0 N–H and O–H groups in total. The average molecular weight is 396 g/mol. The summed E-state index contributed by atoms with van der Waals surface area (Å²) in [6.45, 7) is 4.90. The predicted molar refractivity (Wildman–Crippen MR) is 112 cm³/mol. The summed E-state index contributed by atoms with van der Waals surface area (Å²) >= 11 is 0. The number of nitrogens with zero attached hydrogens (tertiary/aromatic N) is 4. The van der Waals surface area contributed by atoms with Gasteiger partial charge in [-0.3, -0.25) is 4.79 Å². The van der Waals surface area contributed by atoms with E-state index in [0.717, 1.165) is 31.9 Å². The summed E-state index contributed by atoms with van der Waals surface area (Å²) in [5, 5.41) is 0. The van der Waals surface area contributed by atoms with E-state index in [1.807, 2.05) is 43.4 Å². The first-order valence-electron chi connectivity index (χ1n) is 10.1. The highest BCUT2D eigenvalue weighted by Crippen LogP contribution is 2.34.